The number of nitro groups is 1. The highest BCUT2D eigenvalue weighted by Crippen LogP contribution is 2.26. The van der Waals surface area contributed by atoms with Crippen molar-refractivity contribution in [2.45, 2.75) is 6.92 Å². The molecule has 0 aliphatic heterocycles. The number of halogens is 1. The lowest BCUT2D eigenvalue weighted by Gasteiger charge is -2.00. The molecule has 0 fully saturated rings. The molecule has 0 aliphatic carbocycles. The predicted octanol–water partition coefficient (Wildman–Crippen LogP) is 3.97. The van der Waals surface area contributed by atoms with Gasteiger partial charge in [-0.05, 0) is 25.1 Å². The summed E-state index contributed by atoms with van der Waals surface area (Å²) < 4.78 is 19.8. The normalized spacial score (nSPS) is 11.2. The molecule has 0 aliphatic rings. The molecule has 0 atom stereocenters. The minimum absolute atomic E-state index is 0.0375. The Labute approximate surface area is 145 Å². The number of imidazole rings is 1. The van der Waals surface area contributed by atoms with Gasteiger partial charge in [0.2, 0.25) is 0 Å². The van der Waals surface area contributed by atoms with Crippen molar-refractivity contribution in [3.05, 3.63) is 64.2 Å². The maximum absolute atomic E-state index is 13.6. The summed E-state index contributed by atoms with van der Waals surface area (Å²) in [5, 5.41) is 18.7. The Morgan fingerprint density at radius 2 is 2.15 bits per heavy atom. The second-order valence-electron chi connectivity index (χ2n) is 5.06. The van der Waals surface area contributed by atoms with Crippen LogP contribution in [0.1, 0.15) is 17.4 Å². The van der Waals surface area contributed by atoms with Crippen LogP contribution in [-0.4, -0.2) is 26.9 Å². The molecule has 9 nitrogen and oxygen atoms in total. The van der Waals surface area contributed by atoms with Crippen LogP contribution in [0.3, 0.4) is 0 Å². The summed E-state index contributed by atoms with van der Waals surface area (Å²) in [5.74, 6) is -1.33. The van der Waals surface area contributed by atoms with E-state index in [-0.39, 0.29) is 35.1 Å². The van der Waals surface area contributed by atoms with Gasteiger partial charge >= 0.3 is 5.97 Å². The Morgan fingerprint density at radius 1 is 1.35 bits per heavy atom. The maximum atomic E-state index is 13.6. The van der Waals surface area contributed by atoms with E-state index in [4.69, 9.17) is 4.74 Å². The van der Waals surface area contributed by atoms with Crippen LogP contribution in [0.25, 0.3) is 5.65 Å². The van der Waals surface area contributed by atoms with Crippen molar-refractivity contribution in [2.24, 2.45) is 10.2 Å². The zero-order chi connectivity index (χ0) is 18.7. The summed E-state index contributed by atoms with van der Waals surface area (Å²) in [6.07, 6.45) is 1.10. The Hall–Kier alpha value is -3.69. The number of nitro benzene ring substituents is 1. The van der Waals surface area contributed by atoms with Gasteiger partial charge in [0, 0.05) is 18.3 Å². The average molecular weight is 357 g/mol. The first-order valence-electron chi connectivity index (χ1n) is 7.50. The molecule has 132 valence electrons. The van der Waals surface area contributed by atoms with Gasteiger partial charge in [-0.2, -0.15) is 0 Å². The summed E-state index contributed by atoms with van der Waals surface area (Å²) in [4.78, 5) is 26.4. The van der Waals surface area contributed by atoms with Crippen molar-refractivity contribution in [1.82, 2.24) is 9.38 Å². The van der Waals surface area contributed by atoms with Crippen LogP contribution in [0.4, 0.5) is 21.6 Å². The fourth-order valence-electron chi connectivity index (χ4n) is 2.21. The van der Waals surface area contributed by atoms with E-state index in [1.54, 1.807) is 6.92 Å². The first kappa shape index (κ1) is 17.1. The number of rotatable bonds is 5. The molecule has 0 bridgehead atoms. The molecule has 0 amide bonds. The molecule has 0 saturated heterocycles. The smallest absolute Gasteiger partial charge is 0.360 e. The monoisotopic (exact) mass is 357 g/mol. The third kappa shape index (κ3) is 3.38. The molecular formula is C16H12FN5O4. The van der Waals surface area contributed by atoms with E-state index in [1.807, 2.05) is 0 Å². The molecule has 1 aromatic carbocycles. The van der Waals surface area contributed by atoms with E-state index in [1.165, 1.54) is 40.8 Å². The number of hydrogen-bond donors (Lipinski definition) is 0. The largest absolute Gasteiger partial charge is 0.461 e. The molecule has 26 heavy (non-hydrogen) atoms. The van der Waals surface area contributed by atoms with Crippen LogP contribution in [-0.2, 0) is 4.74 Å². The third-order valence-corrected chi connectivity index (χ3v) is 3.33. The highest BCUT2D eigenvalue weighted by Gasteiger charge is 2.20. The number of esters is 1. The van der Waals surface area contributed by atoms with Crippen molar-refractivity contribution >= 4 is 28.8 Å². The van der Waals surface area contributed by atoms with Gasteiger partial charge in [0.05, 0.1) is 17.2 Å². The standard InChI is InChI=1S/C16H12FN5O4/c1-2-26-16(23)14-15(21-9-10(17)6-7-13(21)18-14)20-19-11-4-3-5-12(8-11)22(24)25/h3-9H,2H2,1H3. The van der Waals surface area contributed by atoms with Crippen LogP contribution in [0.15, 0.2) is 52.8 Å². The number of non-ortho nitro benzene ring substituents is 1. The number of nitrogens with zero attached hydrogens (tertiary/aromatic N) is 5. The molecule has 0 radical (unpaired) electrons. The van der Waals surface area contributed by atoms with Crippen molar-refractivity contribution < 1.29 is 18.8 Å². The molecule has 10 heteroatoms. The number of fused-ring (bicyclic) bond motifs is 1. The number of pyridine rings is 1. The number of azo groups is 1. The summed E-state index contributed by atoms with van der Waals surface area (Å²) in [6, 6.07) is 8.06. The molecule has 0 saturated carbocycles. The Bertz CT molecular complexity index is 1030. The Morgan fingerprint density at radius 3 is 2.88 bits per heavy atom. The molecule has 0 N–H and O–H groups in total. The SMILES string of the molecule is CCOC(=O)c1nc2ccc(F)cn2c1N=Nc1cccc([N+](=O)[O-])c1. The first-order valence-corrected chi connectivity index (χ1v) is 7.50. The maximum Gasteiger partial charge on any atom is 0.360 e. The highest BCUT2D eigenvalue weighted by molar-refractivity contribution is 5.93. The summed E-state index contributed by atoms with van der Waals surface area (Å²) in [7, 11) is 0. The number of carbonyl (C=O) groups is 1. The third-order valence-electron chi connectivity index (χ3n) is 3.33. The molecule has 3 aromatic rings. The van der Waals surface area contributed by atoms with Gasteiger partial charge < -0.3 is 4.74 Å². The number of hydrogen-bond acceptors (Lipinski definition) is 7. The Balaban J connectivity index is 2.09. The van der Waals surface area contributed by atoms with Gasteiger partial charge in [0.25, 0.3) is 5.69 Å². The van der Waals surface area contributed by atoms with E-state index in [0.29, 0.717) is 0 Å². The van der Waals surface area contributed by atoms with Crippen molar-refractivity contribution in [3.63, 3.8) is 0 Å². The van der Waals surface area contributed by atoms with Crippen LogP contribution >= 0.6 is 0 Å². The number of ether oxygens (including phenoxy) is 1. The fraction of sp³-hybridized carbons (Fsp3) is 0.125. The van der Waals surface area contributed by atoms with E-state index in [0.717, 1.165) is 6.20 Å². The second kappa shape index (κ2) is 7.05. The molecule has 0 spiro atoms. The van der Waals surface area contributed by atoms with Gasteiger partial charge in [0.15, 0.2) is 11.5 Å². The lowest BCUT2D eigenvalue weighted by Crippen LogP contribution is -2.05. The molecule has 2 heterocycles. The van der Waals surface area contributed by atoms with Gasteiger partial charge in [-0.15, -0.1) is 10.2 Å². The van der Waals surface area contributed by atoms with E-state index in [9.17, 15) is 19.3 Å². The Kier molecular flexibility index (Phi) is 4.65. The lowest BCUT2D eigenvalue weighted by molar-refractivity contribution is -0.384. The molecule has 3 rings (SSSR count). The topological polar surface area (TPSA) is 111 Å². The molecular weight excluding hydrogens is 345 g/mol. The summed E-state index contributed by atoms with van der Waals surface area (Å²) in [6.45, 7) is 1.76. The van der Waals surface area contributed by atoms with E-state index >= 15 is 0 Å². The lowest BCUT2D eigenvalue weighted by atomic mass is 10.3. The van der Waals surface area contributed by atoms with Crippen molar-refractivity contribution in [1.29, 1.82) is 0 Å². The summed E-state index contributed by atoms with van der Waals surface area (Å²) in [5.41, 5.74) is 0.186. The quantitative estimate of drug-likeness (QED) is 0.297. The van der Waals surface area contributed by atoms with Gasteiger partial charge in [-0.3, -0.25) is 14.5 Å². The second-order valence-corrected chi connectivity index (χ2v) is 5.06. The molecule has 2 aromatic heterocycles. The summed E-state index contributed by atoms with van der Waals surface area (Å²) >= 11 is 0. The van der Waals surface area contributed by atoms with Crippen LogP contribution in [0, 0.1) is 15.9 Å². The average Bonchev–Trinajstić information content (AvgIpc) is 2.98. The zero-order valence-corrected chi connectivity index (χ0v) is 13.5. The van der Waals surface area contributed by atoms with Crippen molar-refractivity contribution in [3.8, 4) is 0 Å². The van der Waals surface area contributed by atoms with Gasteiger partial charge in [-0.1, -0.05) is 6.07 Å². The van der Waals surface area contributed by atoms with E-state index < -0.39 is 16.7 Å². The van der Waals surface area contributed by atoms with Crippen LogP contribution in [0.5, 0.6) is 0 Å². The fourth-order valence-corrected chi connectivity index (χ4v) is 2.21. The predicted molar refractivity (Wildman–Crippen MR) is 88.4 cm³/mol. The van der Waals surface area contributed by atoms with Gasteiger partial charge in [0.1, 0.15) is 11.5 Å². The zero-order valence-electron chi connectivity index (χ0n) is 13.5. The highest BCUT2D eigenvalue weighted by atomic mass is 19.1. The number of aromatic nitrogens is 2. The van der Waals surface area contributed by atoms with Crippen LogP contribution in [0.2, 0.25) is 0 Å². The van der Waals surface area contributed by atoms with E-state index in [2.05, 4.69) is 15.2 Å². The minimum Gasteiger partial charge on any atom is -0.461 e. The molecule has 0 unspecified atom stereocenters. The number of benzene rings is 1. The van der Waals surface area contributed by atoms with Crippen molar-refractivity contribution in [2.75, 3.05) is 6.61 Å². The van der Waals surface area contributed by atoms with Gasteiger partial charge in [-0.25, -0.2) is 14.2 Å². The first-order chi connectivity index (χ1) is 12.5. The number of carbonyl (C=O) groups excluding carboxylic acids is 1. The van der Waals surface area contributed by atoms with Crippen LogP contribution < -0.4 is 0 Å². The minimum atomic E-state index is -0.732.